The number of nitrogens with zero attached hydrogens (tertiary/aromatic N) is 2. The Morgan fingerprint density at radius 3 is 2.76 bits per heavy atom. The Hall–Kier alpha value is -2.41. The van der Waals surface area contributed by atoms with Crippen LogP contribution in [-0.2, 0) is 16.0 Å². The van der Waals surface area contributed by atoms with E-state index in [1.165, 1.54) is 6.20 Å². The molecule has 2 N–H and O–H groups in total. The molecule has 1 atom stereocenters. The van der Waals surface area contributed by atoms with Crippen molar-refractivity contribution in [2.75, 3.05) is 24.7 Å². The van der Waals surface area contributed by atoms with Crippen LogP contribution in [-0.4, -0.2) is 49.7 Å². The van der Waals surface area contributed by atoms with Gasteiger partial charge in [-0.25, -0.2) is 4.39 Å². The van der Waals surface area contributed by atoms with E-state index < -0.39 is 5.67 Å². The molecule has 0 unspecified atom stereocenters. The maximum Gasteiger partial charge on any atom is 0.224 e. The number of benzene rings is 1. The predicted octanol–water partition coefficient (Wildman–Crippen LogP) is 3.02. The summed E-state index contributed by atoms with van der Waals surface area (Å²) in [5.74, 6) is 0.569. The normalized spacial score (nSPS) is 23.6. The Kier molecular flexibility index (Phi) is 5.34. The van der Waals surface area contributed by atoms with Gasteiger partial charge in [0.25, 0.3) is 0 Å². The van der Waals surface area contributed by atoms with Gasteiger partial charge in [0.15, 0.2) is 5.67 Å². The van der Waals surface area contributed by atoms with E-state index >= 15 is 0 Å². The number of allylic oxidation sites excluding steroid dienone is 1. The maximum absolute atomic E-state index is 14.6. The number of hydrogen-bond donors (Lipinski definition) is 1. The highest BCUT2D eigenvalue weighted by Crippen LogP contribution is 2.42. The van der Waals surface area contributed by atoms with E-state index in [-0.39, 0.29) is 31.8 Å². The summed E-state index contributed by atoms with van der Waals surface area (Å²) in [7, 11) is 0. The molecule has 29 heavy (non-hydrogen) atoms. The van der Waals surface area contributed by atoms with Gasteiger partial charge in [-0.3, -0.25) is 9.79 Å². The number of halogens is 1. The maximum atomic E-state index is 14.6. The van der Waals surface area contributed by atoms with Crippen molar-refractivity contribution in [2.24, 2.45) is 10.7 Å². The second kappa shape index (κ2) is 7.78. The SMILES string of the molecule is CC(=O)N1c2ccc(C(C=NC3CC3)=CN)c(OCC3(F)COC3)c2CC[C@@H]1C. The van der Waals surface area contributed by atoms with Gasteiger partial charge in [-0.05, 0) is 44.7 Å². The minimum absolute atomic E-state index is 0.0172. The second-order valence-corrected chi connectivity index (χ2v) is 8.28. The third-order valence-corrected chi connectivity index (χ3v) is 5.75. The number of rotatable bonds is 6. The molecule has 4 rings (SSSR count). The van der Waals surface area contributed by atoms with Crippen molar-refractivity contribution in [2.45, 2.75) is 57.3 Å². The highest BCUT2D eigenvalue weighted by molar-refractivity contribution is 6.11. The smallest absolute Gasteiger partial charge is 0.224 e. The standard InChI is InChI=1S/C22H28FN3O3/c1-14-3-6-19-20(26(14)15(2)27)8-7-18(16(9-24)10-25-17-4-5-17)21(19)29-13-22(23)11-28-12-22/h7-10,14,17H,3-6,11-13,24H2,1-2H3/t14-/m0/s1. The molecule has 2 aliphatic heterocycles. The van der Waals surface area contributed by atoms with Crippen LogP contribution in [0.4, 0.5) is 10.1 Å². The average molecular weight is 401 g/mol. The summed E-state index contributed by atoms with van der Waals surface area (Å²) in [5.41, 5.74) is 7.68. The third kappa shape index (κ3) is 4.01. The van der Waals surface area contributed by atoms with Crippen molar-refractivity contribution >= 4 is 23.4 Å². The Balaban J connectivity index is 1.74. The zero-order chi connectivity index (χ0) is 20.6. The number of nitrogens with two attached hydrogens (primary N) is 1. The lowest BCUT2D eigenvalue weighted by molar-refractivity contribution is -0.146. The molecule has 0 bridgehead atoms. The Morgan fingerprint density at radius 2 is 2.17 bits per heavy atom. The zero-order valence-electron chi connectivity index (χ0n) is 17.0. The van der Waals surface area contributed by atoms with Crippen molar-refractivity contribution in [1.29, 1.82) is 0 Å². The van der Waals surface area contributed by atoms with Gasteiger partial charge < -0.3 is 20.1 Å². The van der Waals surface area contributed by atoms with Crippen LogP contribution in [0.2, 0.25) is 0 Å². The van der Waals surface area contributed by atoms with E-state index in [2.05, 4.69) is 4.99 Å². The van der Waals surface area contributed by atoms with Gasteiger partial charge in [0.2, 0.25) is 5.91 Å². The fourth-order valence-corrected chi connectivity index (χ4v) is 3.90. The molecule has 1 saturated heterocycles. The minimum atomic E-state index is -1.48. The summed E-state index contributed by atoms with van der Waals surface area (Å²) in [4.78, 5) is 18.6. The Labute approximate surface area is 170 Å². The van der Waals surface area contributed by atoms with Crippen molar-refractivity contribution in [3.05, 3.63) is 29.5 Å². The number of alkyl halides is 1. The first kappa shape index (κ1) is 19.9. The predicted molar refractivity (Wildman–Crippen MR) is 111 cm³/mol. The number of aliphatic imine (C=N–C) groups is 1. The van der Waals surface area contributed by atoms with E-state index in [1.54, 1.807) is 18.0 Å². The number of carbonyl (C=O) groups is 1. The van der Waals surface area contributed by atoms with Crippen molar-refractivity contribution in [3.8, 4) is 5.75 Å². The van der Waals surface area contributed by atoms with Gasteiger partial charge in [0.05, 0.1) is 24.9 Å². The molecule has 0 radical (unpaired) electrons. The number of hydrogen-bond acceptors (Lipinski definition) is 5. The first-order valence-electron chi connectivity index (χ1n) is 10.2. The number of anilines is 1. The van der Waals surface area contributed by atoms with Gasteiger partial charge >= 0.3 is 0 Å². The van der Waals surface area contributed by atoms with Gasteiger partial charge in [-0.2, -0.15) is 0 Å². The van der Waals surface area contributed by atoms with Crippen LogP contribution < -0.4 is 15.4 Å². The number of ether oxygens (including phenoxy) is 2. The van der Waals surface area contributed by atoms with E-state index in [0.717, 1.165) is 48.1 Å². The van der Waals surface area contributed by atoms with Crippen LogP contribution in [0, 0.1) is 0 Å². The van der Waals surface area contributed by atoms with Crippen LogP contribution in [0.1, 0.15) is 44.2 Å². The van der Waals surface area contributed by atoms with E-state index in [4.69, 9.17) is 15.2 Å². The van der Waals surface area contributed by atoms with E-state index in [0.29, 0.717) is 11.8 Å². The average Bonchev–Trinajstić information content (AvgIpc) is 3.49. The molecule has 1 aliphatic carbocycles. The molecule has 1 amide bonds. The van der Waals surface area contributed by atoms with Crippen molar-refractivity contribution < 1.29 is 18.7 Å². The second-order valence-electron chi connectivity index (χ2n) is 8.28. The van der Waals surface area contributed by atoms with Crippen LogP contribution in [0.5, 0.6) is 5.75 Å². The van der Waals surface area contributed by atoms with Crippen LogP contribution in [0.25, 0.3) is 5.57 Å². The van der Waals surface area contributed by atoms with Crippen molar-refractivity contribution in [1.82, 2.24) is 0 Å². The lowest BCUT2D eigenvalue weighted by Gasteiger charge is -2.37. The summed E-state index contributed by atoms with van der Waals surface area (Å²) in [5, 5.41) is 0. The molecule has 6 nitrogen and oxygen atoms in total. The van der Waals surface area contributed by atoms with Gasteiger partial charge in [0.1, 0.15) is 12.4 Å². The molecule has 2 fully saturated rings. The largest absolute Gasteiger partial charge is 0.489 e. The minimum Gasteiger partial charge on any atom is -0.489 e. The fourth-order valence-electron chi connectivity index (χ4n) is 3.90. The molecule has 3 aliphatic rings. The molecular formula is C22H28FN3O3. The molecule has 1 saturated carbocycles. The lowest BCUT2D eigenvalue weighted by Crippen LogP contribution is -2.50. The third-order valence-electron chi connectivity index (χ3n) is 5.75. The molecular weight excluding hydrogens is 373 g/mol. The number of fused-ring (bicyclic) bond motifs is 1. The van der Waals surface area contributed by atoms with Gasteiger partial charge in [-0.15, -0.1) is 0 Å². The molecule has 0 spiro atoms. The number of carbonyl (C=O) groups excluding carboxylic acids is 1. The lowest BCUT2D eigenvalue weighted by atomic mass is 9.91. The molecule has 1 aromatic rings. The summed E-state index contributed by atoms with van der Waals surface area (Å²) < 4.78 is 25.7. The van der Waals surface area contributed by atoms with Crippen LogP contribution >= 0.6 is 0 Å². The summed E-state index contributed by atoms with van der Waals surface area (Å²) >= 11 is 0. The zero-order valence-corrected chi connectivity index (χ0v) is 17.0. The summed E-state index contributed by atoms with van der Waals surface area (Å²) in [6, 6.07) is 4.29. The first-order valence-corrected chi connectivity index (χ1v) is 10.2. The van der Waals surface area contributed by atoms with Crippen molar-refractivity contribution in [3.63, 3.8) is 0 Å². The Bertz CT molecular complexity index is 859. The molecule has 0 aromatic heterocycles. The van der Waals surface area contributed by atoms with Crippen LogP contribution in [0.3, 0.4) is 0 Å². The summed E-state index contributed by atoms with van der Waals surface area (Å²) in [6.45, 7) is 3.58. The highest BCUT2D eigenvalue weighted by Gasteiger charge is 2.40. The van der Waals surface area contributed by atoms with E-state index in [9.17, 15) is 9.18 Å². The fraction of sp³-hybridized carbons (Fsp3) is 0.545. The summed E-state index contributed by atoms with van der Waals surface area (Å²) in [6.07, 6.45) is 7.03. The Morgan fingerprint density at radius 1 is 1.41 bits per heavy atom. The van der Waals surface area contributed by atoms with Gasteiger partial charge in [-0.1, -0.05) is 0 Å². The van der Waals surface area contributed by atoms with Gasteiger partial charge in [0, 0.05) is 42.1 Å². The van der Waals surface area contributed by atoms with Crippen LogP contribution in [0.15, 0.2) is 23.3 Å². The number of amides is 1. The first-order chi connectivity index (χ1) is 13.9. The molecule has 156 valence electrons. The molecule has 1 aromatic carbocycles. The monoisotopic (exact) mass is 401 g/mol. The topological polar surface area (TPSA) is 77.2 Å². The highest BCUT2D eigenvalue weighted by atomic mass is 19.1. The quantitative estimate of drug-likeness (QED) is 0.744. The molecule has 7 heteroatoms. The van der Waals surface area contributed by atoms with E-state index in [1.807, 2.05) is 19.1 Å². The molecule has 2 heterocycles.